The van der Waals surface area contributed by atoms with Crippen LogP contribution in [-0.4, -0.2) is 29.9 Å². The SMILES string of the molecule is COC(=O)c1cc(CNC(=O)c2ccncc2)cc(NC(=O)c2ccccc2Cl)c1. The molecule has 152 valence electrons. The van der Waals surface area contributed by atoms with E-state index in [-0.39, 0.29) is 18.0 Å². The van der Waals surface area contributed by atoms with E-state index < -0.39 is 11.9 Å². The van der Waals surface area contributed by atoms with E-state index in [0.29, 0.717) is 27.4 Å². The first-order valence-electron chi connectivity index (χ1n) is 8.94. The van der Waals surface area contributed by atoms with Crippen LogP contribution in [0.5, 0.6) is 0 Å². The molecule has 2 N–H and O–H groups in total. The maximum atomic E-state index is 12.6. The highest BCUT2D eigenvalue weighted by molar-refractivity contribution is 6.34. The minimum Gasteiger partial charge on any atom is -0.465 e. The van der Waals surface area contributed by atoms with Gasteiger partial charge in [-0.3, -0.25) is 14.6 Å². The highest BCUT2D eigenvalue weighted by Gasteiger charge is 2.14. The topological polar surface area (TPSA) is 97.4 Å². The molecular formula is C22H18ClN3O4. The summed E-state index contributed by atoms with van der Waals surface area (Å²) in [5.74, 6) is -1.28. The molecule has 0 spiro atoms. The summed E-state index contributed by atoms with van der Waals surface area (Å²) in [6.07, 6.45) is 3.05. The van der Waals surface area contributed by atoms with Crippen molar-refractivity contribution >= 4 is 35.1 Å². The van der Waals surface area contributed by atoms with E-state index >= 15 is 0 Å². The van der Waals surface area contributed by atoms with Gasteiger partial charge < -0.3 is 15.4 Å². The predicted octanol–water partition coefficient (Wildman–Crippen LogP) is 3.70. The summed E-state index contributed by atoms with van der Waals surface area (Å²) in [7, 11) is 1.27. The Morgan fingerprint density at radius 3 is 2.40 bits per heavy atom. The number of benzene rings is 2. The number of anilines is 1. The molecule has 0 saturated heterocycles. The number of methoxy groups -OCH3 is 1. The molecule has 0 saturated carbocycles. The van der Waals surface area contributed by atoms with Gasteiger partial charge in [-0.05, 0) is 48.0 Å². The highest BCUT2D eigenvalue weighted by atomic mass is 35.5. The van der Waals surface area contributed by atoms with Crippen LogP contribution in [0.3, 0.4) is 0 Å². The maximum Gasteiger partial charge on any atom is 0.337 e. The van der Waals surface area contributed by atoms with Gasteiger partial charge in [0.05, 0.1) is 23.3 Å². The molecule has 0 unspecified atom stereocenters. The summed E-state index contributed by atoms with van der Waals surface area (Å²) < 4.78 is 4.78. The second-order valence-electron chi connectivity index (χ2n) is 6.26. The second-order valence-corrected chi connectivity index (χ2v) is 6.67. The van der Waals surface area contributed by atoms with Gasteiger partial charge in [0, 0.05) is 30.2 Å². The fraction of sp³-hybridized carbons (Fsp3) is 0.0909. The first-order valence-corrected chi connectivity index (χ1v) is 9.32. The second kappa shape index (κ2) is 9.67. The monoisotopic (exact) mass is 423 g/mol. The zero-order chi connectivity index (χ0) is 21.5. The molecule has 0 aliphatic heterocycles. The third kappa shape index (κ3) is 5.21. The van der Waals surface area contributed by atoms with Crippen molar-refractivity contribution in [2.24, 2.45) is 0 Å². The highest BCUT2D eigenvalue weighted by Crippen LogP contribution is 2.20. The number of esters is 1. The van der Waals surface area contributed by atoms with Gasteiger partial charge in [-0.1, -0.05) is 23.7 Å². The molecule has 0 aliphatic carbocycles. The summed E-state index contributed by atoms with van der Waals surface area (Å²) in [5.41, 5.74) is 1.98. The molecule has 2 amide bonds. The zero-order valence-electron chi connectivity index (χ0n) is 16.0. The quantitative estimate of drug-likeness (QED) is 0.589. The van der Waals surface area contributed by atoms with Crippen molar-refractivity contribution < 1.29 is 19.1 Å². The molecule has 0 bridgehead atoms. The number of rotatable bonds is 6. The van der Waals surface area contributed by atoms with Gasteiger partial charge in [-0.25, -0.2) is 4.79 Å². The normalized spacial score (nSPS) is 10.2. The number of halogens is 1. The van der Waals surface area contributed by atoms with Crippen LogP contribution in [0.25, 0.3) is 0 Å². The van der Waals surface area contributed by atoms with Crippen molar-refractivity contribution in [2.45, 2.75) is 6.54 Å². The van der Waals surface area contributed by atoms with E-state index in [9.17, 15) is 14.4 Å². The lowest BCUT2D eigenvalue weighted by Gasteiger charge is -2.12. The summed E-state index contributed by atoms with van der Waals surface area (Å²) >= 11 is 6.08. The van der Waals surface area contributed by atoms with Gasteiger partial charge >= 0.3 is 5.97 Å². The first kappa shape index (κ1) is 21.0. The summed E-state index contributed by atoms with van der Waals surface area (Å²) in [5, 5.41) is 5.80. The van der Waals surface area contributed by atoms with Crippen LogP contribution in [0, 0.1) is 0 Å². The standard InChI is InChI=1S/C22H18ClN3O4/c1-30-22(29)16-10-14(13-25-20(27)15-6-8-24-9-7-15)11-17(12-16)26-21(28)18-4-2-3-5-19(18)23/h2-12H,13H2,1H3,(H,25,27)(H,26,28). The van der Waals surface area contributed by atoms with Crippen molar-refractivity contribution in [3.63, 3.8) is 0 Å². The predicted molar refractivity (Wildman–Crippen MR) is 113 cm³/mol. The fourth-order valence-electron chi connectivity index (χ4n) is 2.73. The van der Waals surface area contributed by atoms with Gasteiger partial charge in [-0.2, -0.15) is 0 Å². The Hall–Kier alpha value is -3.71. The van der Waals surface area contributed by atoms with Crippen LogP contribution >= 0.6 is 11.6 Å². The van der Waals surface area contributed by atoms with E-state index in [1.54, 1.807) is 48.5 Å². The van der Waals surface area contributed by atoms with Crippen molar-refractivity contribution in [2.75, 3.05) is 12.4 Å². The first-order chi connectivity index (χ1) is 14.5. The summed E-state index contributed by atoms with van der Waals surface area (Å²) in [4.78, 5) is 40.7. The van der Waals surface area contributed by atoms with Crippen molar-refractivity contribution in [3.8, 4) is 0 Å². The summed E-state index contributed by atoms with van der Waals surface area (Å²) in [6, 6.07) is 14.6. The lowest BCUT2D eigenvalue weighted by atomic mass is 10.1. The molecule has 3 rings (SSSR count). The number of amides is 2. The Morgan fingerprint density at radius 2 is 1.70 bits per heavy atom. The third-order valence-electron chi connectivity index (χ3n) is 4.19. The Kier molecular flexibility index (Phi) is 6.77. The number of carbonyl (C=O) groups is 3. The van der Waals surface area contributed by atoms with E-state index in [1.165, 1.54) is 25.6 Å². The molecule has 8 heteroatoms. The van der Waals surface area contributed by atoms with E-state index in [0.717, 1.165) is 0 Å². The van der Waals surface area contributed by atoms with Crippen LogP contribution < -0.4 is 10.6 Å². The number of hydrogen-bond donors (Lipinski definition) is 2. The lowest BCUT2D eigenvalue weighted by molar-refractivity contribution is 0.0600. The van der Waals surface area contributed by atoms with E-state index in [2.05, 4.69) is 15.6 Å². The maximum absolute atomic E-state index is 12.6. The average molecular weight is 424 g/mol. The largest absolute Gasteiger partial charge is 0.465 e. The van der Waals surface area contributed by atoms with E-state index in [4.69, 9.17) is 16.3 Å². The summed E-state index contributed by atoms with van der Waals surface area (Å²) in [6.45, 7) is 0.140. The molecular weight excluding hydrogens is 406 g/mol. The average Bonchev–Trinajstić information content (AvgIpc) is 2.77. The molecule has 0 fully saturated rings. The number of ether oxygens (including phenoxy) is 1. The Bertz CT molecular complexity index is 1090. The Balaban J connectivity index is 1.81. The zero-order valence-corrected chi connectivity index (χ0v) is 16.8. The van der Waals surface area contributed by atoms with Crippen molar-refractivity contribution in [1.82, 2.24) is 10.3 Å². The van der Waals surface area contributed by atoms with Crippen LogP contribution in [0.15, 0.2) is 67.0 Å². The van der Waals surface area contributed by atoms with Gasteiger partial charge in [0.1, 0.15) is 0 Å². The smallest absolute Gasteiger partial charge is 0.337 e. The van der Waals surface area contributed by atoms with Crippen LogP contribution in [-0.2, 0) is 11.3 Å². The van der Waals surface area contributed by atoms with Crippen LogP contribution in [0.2, 0.25) is 5.02 Å². The van der Waals surface area contributed by atoms with Gasteiger partial charge in [-0.15, -0.1) is 0 Å². The molecule has 0 radical (unpaired) electrons. The lowest BCUT2D eigenvalue weighted by Crippen LogP contribution is -2.23. The van der Waals surface area contributed by atoms with E-state index in [1.807, 2.05) is 0 Å². The van der Waals surface area contributed by atoms with Gasteiger partial charge in [0.2, 0.25) is 0 Å². The number of aromatic nitrogens is 1. The van der Waals surface area contributed by atoms with Crippen LogP contribution in [0.4, 0.5) is 5.69 Å². The van der Waals surface area contributed by atoms with Gasteiger partial charge in [0.25, 0.3) is 11.8 Å². The molecule has 30 heavy (non-hydrogen) atoms. The number of pyridine rings is 1. The molecule has 1 heterocycles. The fourth-order valence-corrected chi connectivity index (χ4v) is 2.95. The number of nitrogens with one attached hydrogen (secondary N) is 2. The minimum absolute atomic E-state index is 0.140. The Labute approximate surface area is 178 Å². The van der Waals surface area contributed by atoms with Crippen molar-refractivity contribution in [1.29, 1.82) is 0 Å². The Morgan fingerprint density at radius 1 is 0.967 bits per heavy atom. The van der Waals surface area contributed by atoms with Gasteiger partial charge in [0.15, 0.2) is 0 Å². The number of carbonyl (C=O) groups excluding carboxylic acids is 3. The molecule has 0 aliphatic rings. The third-order valence-corrected chi connectivity index (χ3v) is 4.52. The molecule has 3 aromatic rings. The number of hydrogen-bond acceptors (Lipinski definition) is 5. The molecule has 2 aromatic carbocycles. The number of nitrogens with zero attached hydrogens (tertiary/aromatic N) is 1. The van der Waals surface area contributed by atoms with Crippen molar-refractivity contribution in [3.05, 3.63) is 94.3 Å². The van der Waals surface area contributed by atoms with Crippen LogP contribution in [0.1, 0.15) is 36.6 Å². The molecule has 7 nitrogen and oxygen atoms in total. The molecule has 0 atom stereocenters. The molecule has 1 aromatic heterocycles. The minimum atomic E-state index is -0.564.